The van der Waals surface area contributed by atoms with Gasteiger partial charge in [0.25, 0.3) is 0 Å². The van der Waals surface area contributed by atoms with Gasteiger partial charge in [0.15, 0.2) is 8.32 Å². The zero-order valence-corrected chi connectivity index (χ0v) is 16.8. The Bertz CT molecular complexity index is 467. The Hall–Kier alpha value is -0.123. The summed E-state index contributed by atoms with van der Waals surface area (Å²) in [5, 5.41) is 0.256. The van der Waals surface area contributed by atoms with Crippen molar-refractivity contribution in [2.45, 2.75) is 71.7 Å². The van der Waals surface area contributed by atoms with Gasteiger partial charge in [0.05, 0.1) is 6.61 Å². The van der Waals surface area contributed by atoms with Gasteiger partial charge in [0, 0.05) is 4.47 Å². The minimum atomic E-state index is -1.68. The van der Waals surface area contributed by atoms with E-state index in [1.165, 1.54) is 11.1 Å². The molecule has 1 aromatic rings. The highest BCUT2D eigenvalue weighted by Crippen LogP contribution is 2.37. The van der Waals surface area contributed by atoms with Gasteiger partial charge in [-0.1, -0.05) is 63.5 Å². The van der Waals surface area contributed by atoms with E-state index in [-0.39, 0.29) is 10.5 Å². The van der Waals surface area contributed by atoms with Gasteiger partial charge in [0.2, 0.25) is 0 Å². The third-order valence-electron chi connectivity index (χ3n) is 4.23. The van der Waals surface area contributed by atoms with Crippen molar-refractivity contribution in [3.8, 4) is 0 Å². The van der Waals surface area contributed by atoms with Gasteiger partial charge >= 0.3 is 0 Å². The molecule has 114 valence electrons. The smallest absolute Gasteiger partial charge is 0.192 e. The van der Waals surface area contributed by atoms with Crippen LogP contribution in [0.3, 0.4) is 0 Å². The lowest BCUT2D eigenvalue weighted by Gasteiger charge is -2.36. The Kier molecular flexibility index (Phi) is 5.32. The highest BCUT2D eigenvalue weighted by molar-refractivity contribution is 9.10. The summed E-state index contributed by atoms with van der Waals surface area (Å²) in [5.74, 6) is 0. The first-order valence-electron chi connectivity index (χ1n) is 7.27. The molecule has 0 aliphatic carbocycles. The second-order valence-electron chi connectivity index (χ2n) is 8.15. The van der Waals surface area contributed by atoms with Crippen molar-refractivity contribution in [2.75, 3.05) is 0 Å². The lowest BCUT2D eigenvalue weighted by Crippen LogP contribution is -2.40. The number of hydrogen-bond donors (Lipinski definition) is 0. The zero-order valence-electron chi connectivity index (χ0n) is 14.2. The fourth-order valence-corrected chi connectivity index (χ4v) is 3.15. The van der Waals surface area contributed by atoms with Crippen LogP contribution in [0.25, 0.3) is 0 Å². The molecule has 0 saturated heterocycles. The SMILES string of the molecule is CC(C)(C)c1cc(Br)cc(CO[Si](C)(C)C(C)(C)C)c1. The molecule has 0 unspecified atom stereocenters. The molecule has 0 N–H and O–H groups in total. The monoisotopic (exact) mass is 356 g/mol. The van der Waals surface area contributed by atoms with Crippen LogP contribution < -0.4 is 0 Å². The fraction of sp³-hybridized carbons (Fsp3) is 0.647. The highest BCUT2D eigenvalue weighted by Gasteiger charge is 2.37. The maximum absolute atomic E-state index is 6.32. The van der Waals surface area contributed by atoms with Crippen LogP contribution in [0, 0.1) is 0 Å². The molecular weight excluding hydrogens is 328 g/mol. The summed E-state index contributed by atoms with van der Waals surface area (Å²) in [5.41, 5.74) is 2.77. The van der Waals surface area contributed by atoms with E-state index in [2.05, 4.69) is 88.8 Å². The van der Waals surface area contributed by atoms with Gasteiger partial charge in [-0.25, -0.2) is 0 Å². The van der Waals surface area contributed by atoms with Crippen molar-refractivity contribution in [2.24, 2.45) is 0 Å². The Morgan fingerprint density at radius 2 is 1.55 bits per heavy atom. The molecule has 0 saturated carbocycles. The van der Waals surface area contributed by atoms with Crippen molar-refractivity contribution in [3.63, 3.8) is 0 Å². The van der Waals surface area contributed by atoms with Gasteiger partial charge in [0.1, 0.15) is 0 Å². The van der Waals surface area contributed by atoms with Crippen LogP contribution in [0.1, 0.15) is 52.7 Å². The third kappa shape index (κ3) is 4.71. The molecule has 1 aromatic carbocycles. The Balaban J connectivity index is 2.92. The van der Waals surface area contributed by atoms with Gasteiger partial charge in [-0.15, -0.1) is 0 Å². The van der Waals surface area contributed by atoms with E-state index in [1.807, 2.05) is 0 Å². The van der Waals surface area contributed by atoms with Crippen LogP contribution >= 0.6 is 15.9 Å². The summed E-state index contributed by atoms with van der Waals surface area (Å²) in [4.78, 5) is 0. The lowest BCUT2D eigenvalue weighted by atomic mass is 9.86. The van der Waals surface area contributed by atoms with Crippen LogP contribution in [-0.4, -0.2) is 8.32 Å². The van der Waals surface area contributed by atoms with E-state index in [9.17, 15) is 0 Å². The standard InChI is InChI=1S/C17H29BrOSi/c1-16(2,3)14-9-13(10-15(18)11-14)12-19-20(7,8)17(4,5)6/h9-11H,12H2,1-8H3. The van der Waals surface area contributed by atoms with Crippen LogP contribution in [0.5, 0.6) is 0 Å². The average Bonchev–Trinajstić information content (AvgIpc) is 2.23. The van der Waals surface area contributed by atoms with Crippen molar-refractivity contribution < 1.29 is 4.43 Å². The minimum absolute atomic E-state index is 0.162. The van der Waals surface area contributed by atoms with Crippen molar-refractivity contribution >= 4 is 24.2 Å². The summed E-state index contributed by atoms with van der Waals surface area (Å²) in [6, 6.07) is 6.65. The van der Waals surface area contributed by atoms with E-state index in [0.717, 1.165) is 4.47 Å². The summed E-state index contributed by atoms with van der Waals surface area (Å²) < 4.78 is 7.46. The van der Waals surface area contributed by atoms with E-state index < -0.39 is 8.32 Å². The minimum Gasteiger partial charge on any atom is -0.413 e. The summed E-state index contributed by atoms with van der Waals surface area (Å²) in [6.45, 7) is 18.9. The molecule has 0 bridgehead atoms. The van der Waals surface area contributed by atoms with Gasteiger partial charge in [-0.3, -0.25) is 0 Å². The predicted octanol–water partition coefficient (Wildman–Crippen LogP) is 6.27. The molecule has 1 nitrogen and oxygen atoms in total. The molecule has 0 fully saturated rings. The van der Waals surface area contributed by atoms with Gasteiger partial charge in [-0.05, 0) is 46.8 Å². The third-order valence-corrected chi connectivity index (χ3v) is 9.17. The second-order valence-corrected chi connectivity index (χ2v) is 13.9. The molecular formula is C17H29BrOSi. The molecule has 1 rings (SSSR count). The molecule has 0 amide bonds. The topological polar surface area (TPSA) is 9.23 Å². The van der Waals surface area contributed by atoms with E-state index in [0.29, 0.717) is 6.61 Å². The molecule has 0 atom stereocenters. The van der Waals surface area contributed by atoms with Crippen molar-refractivity contribution in [1.82, 2.24) is 0 Å². The van der Waals surface area contributed by atoms with E-state index >= 15 is 0 Å². The highest BCUT2D eigenvalue weighted by atomic mass is 79.9. The molecule has 0 aromatic heterocycles. The molecule has 0 aliphatic heterocycles. The number of halogens is 1. The maximum Gasteiger partial charge on any atom is 0.192 e. The molecule has 0 heterocycles. The summed E-state index contributed by atoms with van der Waals surface area (Å²) >= 11 is 3.62. The Labute approximate surface area is 134 Å². The summed E-state index contributed by atoms with van der Waals surface area (Å²) in [6.07, 6.45) is 0. The Morgan fingerprint density at radius 1 is 1.00 bits per heavy atom. The first kappa shape index (κ1) is 17.9. The molecule has 3 heteroatoms. The van der Waals surface area contributed by atoms with Crippen molar-refractivity contribution in [3.05, 3.63) is 33.8 Å². The van der Waals surface area contributed by atoms with Crippen LogP contribution in [0.4, 0.5) is 0 Å². The number of rotatable bonds is 3. The largest absolute Gasteiger partial charge is 0.413 e. The second kappa shape index (κ2) is 5.94. The summed E-state index contributed by atoms with van der Waals surface area (Å²) in [7, 11) is -1.68. The zero-order chi connectivity index (χ0) is 15.8. The van der Waals surface area contributed by atoms with Gasteiger partial charge in [-0.2, -0.15) is 0 Å². The average molecular weight is 357 g/mol. The predicted molar refractivity (Wildman–Crippen MR) is 94.8 cm³/mol. The van der Waals surface area contributed by atoms with Crippen LogP contribution in [-0.2, 0) is 16.4 Å². The van der Waals surface area contributed by atoms with E-state index in [1.54, 1.807) is 0 Å². The molecule has 0 aliphatic rings. The van der Waals surface area contributed by atoms with Crippen molar-refractivity contribution in [1.29, 1.82) is 0 Å². The fourth-order valence-electron chi connectivity index (χ4n) is 1.65. The first-order chi connectivity index (χ1) is 8.83. The number of hydrogen-bond acceptors (Lipinski definition) is 1. The molecule has 20 heavy (non-hydrogen) atoms. The first-order valence-corrected chi connectivity index (χ1v) is 11.0. The van der Waals surface area contributed by atoms with Crippen LogP contribution in [0.15, 0.2) is 22.7 Å². The number of benzene rings is 1. The quantitative estimate of drug-likeness (QED) is 0.580. The maximum atomic E-state index is 6.32. The molecule has 0 spiro atoms. The Morgan fingerprint density at radius 3 is 2.00 bits per heavy atom. The van der Waals surface area contributed by atoms with E-state index in [4.69, 9.17) is 4.43 Å². The van der Waals surface area contributed by atoms with Crippen LogP contribution in [0.2, 0.25) is 18.1 Å². The lowest BCUT2D eigenvalue weighted by molar-refractivity contribution is 0.276. The normalized spacial score (nSPS) is 13.7. The molecule has 0 radical (unpaired) electrons. The van der Waals surface area contributed by atoms with Gasteiger partial charge < -0.3 is 4.43 Å².